The first kappa shape index (κ1) is 18.1. The van der Waals surface area contributed by atoms with Crippen LogP contribution in [0.4, 0.5) is 17.3 Å². The van der Waals surface area contributed by atoms with Gasteiger partial charge >= 0.3 is 0 Å². The van der Waals surface area contributed by atoms with Crippen LogP contribution in [0.5, 0.6) is 0 Å². The largest absolute Gasteiger partial charge is 0.365 e. The summed E-state index contributed by atoms with van der Waals surface area (Å²) in [5.74, 6) is 2.52. The summed E-state index contributed by atoms with van der Waals surface area (Å²) in [4.78, 5) is 15.9. The molecule has 2 aliphatic rings. The number of rotatable bonds is 3. The molecular formula is C20H23BrN6. The number of aromatic nitrogens is 2. The maximum atomic E-state index is 9.60. The molecule has 0 radical (unpaired) electrons. The van der Waals surface area contributed by atoms with Crippen LogP contribution in [0, 0.1) is 17.2 Å². The van der Waals surface area contributed by atoms with E-state index in [0.717, 1.165) is 53.4 Å². The number of halogens is 1. The van der Waals surface area contributed by atoms with E-state index in [9.17, 15) is 5.26 Å². The van der Waals surface area contributed by atoms with Gasteiger partial charge in [0.05, 0.1) is 11.3 Å². The van der Waals surface area contributed by atoms with Crippen LogP contribution in [0.15, 0.2) is 35.1 Å². The quantitative estimate of drug-likeness (QED) is 0.750. The van der Waals surface area contributed by atoms with Gasteiger partial charge in [0.25, 0.3) is 0 Å². The zero-order chi connectivity index (χ0) is 19.0. The van der Waals surface area contributed by atoms with Crippen molar-refractivity contribution < 1.29 is 0 Å². The summed E-state index contributed by atoms with van der Waals surface area (Å²) in [5.41, 5.74) is 1.78. The standard InChI is InChI=1S/C20H23BrN6/c1-25(2)19-20(24-8-7-23-19)26-9-5-14-6-10-27(18(14)13-26)17-4-3-16(21)11-15(17)12-22/h3-4,7-8,11,14,18H,5-6,9-10,13H2,1-2H3. The van der Waals surface area contributed by atoms with Gasteiger partial charge in [-0.25, -0.2) is 9.97 Å². The van der Waals surface area contributed by atoms with Gasteiger partial charge in [-0.1, -0.05) is 15.9 Å². The van der Waals surface area contributed by atoms with Crippen LogP contribution in [0.2, 0.25) is 0 Å². The minimum atomic E-state index is 0.393. The summed E-state index contributed by atoms with van der Waals surface area (Å²) in [6.07, 6.45) is 5.83. The fourth-order valence-corrected chi connectivity index (χ4v) is 4.70. The molecule has 0 N–H and O–H groups in total. The topological polar surface area (TPSA) is 59.3 Å². The number of benzene rings is 1. The van der Waals surface area contributed by atoms with Gasteiger partial charge in [0, 0.05) is 56.6 Å². The molecule has 0 bridgehead atoms. The molecule has 1 aromatic carbocycles. The van der Waals surface area contributed by atoms with Gasteiger partial charge in [-0.05, 0) is 37.0 Å². The maximum Gasteiger partial charge on any atom is 0.172 e. The molecule has 0 aliphatic carbocycles. The Labute approximate surface area is 168 Å². The Kier molecular flexibility index (Phi) is 4.92. The first-order valence-electron chi connectivity index (χ1n) is 9.28. The number of nitrogens with zero attached hydrogens (tertiary/aromatic N) is 6. The van der Waals surface area contributed by atoms with Crippen LogP contribution in [0.25, 0.3) is 0 Å². The molecular weight excluding hydrogens is 404 g/mol. The lowest BCUT2D eigenvalue weighted by Gasteiger charge is -2.40. The van der Waals surface area contributed by atoms with Crippen LogP contribution >= 0.6 is 15.9 Å². The Morgan fingerprint density at radius 1 is 1.19 bits per heavy atom. The maximum absolute atomic E-state index is 9.60. The molecule has 2 unspecified atom stereocenters. The monoisotopic (exact) mass is 426 g/mol. The smallest absolute Gasteiger partial charge is 0.172 e. The predicted octanol–water partition coefficient (Wildman–Crippen LogP) is 3.28. The van der Waals surface area contributed by atoms with Crippen molar-refractivity contribution in [1.82, 2.24) is 9.97 Å². The fraction of sp³-hybridized carbons (Fsp3) is 0.450. The van der Waals surface area contributed by atoms with E-state index in [1.165, 1.54) is 6.42 Å². The molecule has 7 heteroatoms. The van der Waals surface area contributed by atoms with E-state index in [0.29, 0.717) is 12.0 Å². The van der Waals surface area contributed by atoms with Crippen LogP contribution in [-0.2, 0) is 0 Å². The zero-order valence-electron chi connectivity index (χ0n) is 15.6. The molecule has 3 heterocycles. The van der Waals surface area contributed by atoms with Crippen molar-refractivity contribution >= 4 is 33.3 Å². The first-order chi connectivity index (χ1) is 13.1. The van der Waals surface area contributed by atoms with E-state index in [2.05, 4.69) is 47.8 Å². The molecule has 4 rings (SSSR count). The highest BCUT2D eigenvalue weighted by Crippen LogP contribution is 2.39. The van der Waals surface area contributed by atoms with Gasteiger partial charge in [-0.2, -0.15) is 5.26 Å². The van der Waals surface area contributed by atoms with Crippen LogP contribution in [-0.4, -0.2) is 49.7 Å². The number of hydrogen-bond donors (Lipinski definition) is 0. The Morgan fingerprint density at radius 3 is 2.74 bits per heavy atom. The van der Waals surface area contributed by atoms with Crippen molar-refractivity contribution in [2.45, 2.75) is 18.9 Å². The normalized spacial score (nSPS) is 21.7. The summed E-state index contributed by atoms with van der Waals surface area (Å²) in [5, 5.41) is 9.60. The Balaban J connectivity index is 1.63. The highest BCUT2D eigenvalue weighted by atomic mass is 79.9. The van der Waals surface area contributed by atoms with Crippen LogP contribution < -0.4 is 14.7 Å². The summed E-state index contributed by atoms with van der Waals surface area (Å²) < 4.78 is 0.944. The zero-order valence-corrected chi connectivity index (χ0v) is 17.2. The molecule has 27 heavy (non-hydrogen) atoms. The third-order valence-electron chi connectivity index (χ3n) is 5.63. The summed E-state index contributed by atoms with van der Waals surface area (Å²) >= 11 is 3.48. The van der Waals surface area contributed by atoms with E-state index in [1.807, 2.05) is 31.1 Å². The van der Waals surface area contributed by atoms with Gasteiger partial charge in [-0.3, -0.25) is 0 Å². The number of fused-ring (bicyclic) bond motifs is 1. The summed E-state index contributed by atoms with van der Waals surface area (Å²) in [6.45, 7) is 2.91. The third kappa shape index (κ3) is 3.34. The minimum absolute atomic E-state index is 0.393. The second-order valence-electron chi connectivity index (χ2n) is 7.42. The van der Waals surface area contributed by atoms with Crippen molar-refractivity contribution in [2.24, 2.45) is 5.92 Å². The lowest BCUT2D eigenvalue weighted by Crippen LogP contribution is -2.49. The highest BCUT2D eigenvalue weighted by molar-refractivity contribution is 9.10. The minimum Gasteiger partial charge on any atom is -0.365 e. The van der Waals surface area contributed by atoms with Crippen LogP contribution in [0.1, 0.15) is 18.4 Å². The SMILES string of the molecule is CN(C)c1nccnc1N1CCC2CCN(c3ccc(Br)cc3C#N)C2C1. The molecule has 140 valence electrons. The van der Waals surface area contributed by atoms with Crippen molar-refractivity contribution in [2.75, 3.05) is 48.4 Å². The van der Waals surface area contributed by atoms with Gasteiger partial charge in [0.1, 0.15) is 6.07 Å². The van der Waals surface area contributed by atoms with E-state index in [-0.39, 0.29) is 0 Å². The first-order valence-corrected chi connectivity index (χ1v) is 10.1. The van der Waals surface area contributed by atoms with E-state index >= 15 is 0 Å². The number of nitriles is 1. The molecule has 2 saturated heterocycles. The van der Waals surface area contributed by atoms with Crippen molar-refractivity contribution in [3.63, 3.8) is 0 Å². The van der Waals surface area contributed by atoms with Crippen LogP contribution in [0.3, 0.4) is 0 Å². The summed E-state index contributed by atoms with van der Waals surface area (Å²) in [7, 11) is 4.01. The molecule has 2 aromatic rings. The molecule has 2 atom stereocenters. The predicted molar refractivity (Wildman–Crippen MR) is 111 cm³/mol. The lowest BCUT2D eigenvalue weighted by atomic mass is 9.92. The Morgan fingerprint density at radius 2 is 1.96 bits per heavy atom. The Hall–Kier alpha value is -2.33. The van der Waals surface area contributed by atoms with Crippen molar-refractivity contribution in [1.29, 1.82) is 5.26 Å². The average molecular weight is 427 g/mol. The molecule has 0 saturated carbocycles. The third-order valence-corrected chi connectivity index (χ3v) is 6.13. The molecule has 0 amide bonds. The summed E-state index contributed by atoms with van der Waals surface area (Å²) in [6, 6.07) is 8.76. The second-order valence-corrected chi connectivity index (χ2v) is 8.33. The van der Waals surface area contributed by atoms with E-state index < -0.39 is 0 Å². The van der Waals surface area contributed by atoms with Gasteiger partial charge in [0.2, 0.25) is 0 Å². The van der Waals surface area contributed by atoms with E-state index in [4.69, 9.17) is 0 Å². The molecule has 0 spiro atoms. The molecule has 6 nitrogen and oxygen atoms in total. The van der Waals surface area contributed by atoms with Gasteiger partial charge in [-0.15, -0.1) is 0 Å². The average Bonchev–Trinajstić information content (AvgIpc) is 3.10. The number of hydrogen-bond acceptors (Lipinski definition) is 6. The number of anilines is 3. The molecule has 2 aliphatic heterocycles. The van der Waals surface area contributed by atoms with Gasteiger partial charge < -0.3 is 14.7 Å². The van der Waals surface area contributed by atoms with Crippen molar-refractivity contribution in [3.8, 4) is 6.07 Å². The van der Waals surface area contributed by atoms with Crippen molar-refractivity contribution in [3.05, 3.63) is 40.6 Å². The number of piperidine rings is 1. The lowest BCUT2D eigenvalue weighted by molar-refractivity contribution is 0.389. The molecule has 1 aromatic heterocycles. The highest BCUT2D eigenvalue weighted by Gasteiger charge is 2.40. The Bertz CT molecular complexity index is 877. The molecule has 2 fully saturated rings. The fourth-order valence-electron chi connectivity index (χ4n) is 4.34. The van der Waals surface area contributed by atoms with Gasteiger partial charge in [0.15, 0.2) is 11.6 Å². The second kappa shape index (κ2) is 7.35. The van der Waals surface area contributed by atoms with E-state index in [1.54, 1.807) is 12.4 Å².